The van der Waals surface area contributed by atoms with Gasteiger partial charge in [-0.15, -0.1) is 0 Å². The highest BCUT2D eigenvalue weighted by Gasteiger charge is 2.01. The van der Waals surface area contributed by atoms with Crippen LogP contribution in [0.1, 0.15) is 45.4 Å². The average Bonchev–Trinajstić information content (AvgIpc) is 2.64. The van der Waals surface area contributed by atoms with Crippen LogP contribution in [0.3, 0.4) is 0 Å². The predicted molar refractivity (Wildman–Crippen MR) is 100 cm³/mol. The van der Waals surface area contributed by atoms with E-state index in [4.69, 9.17) is 9.47 Å². The van der Waals surface area contributed by atoms with Crippen LogP contribution in [0.5, 0.6) is 11.5 Å². The molecule has 0 aliphatic carbocycles. The second-order valence-electron chi connectivity index (χ2n) is 6.10. The van der Waals surface area contributed by atoms with Crippen molar-refractivity contribution in [2.24, 2.45) is 0 Å². The zero-order chi connectivity index (χ0) is 17.7. The lowest BCUT2D eigenvalue weighted by molar-refractivity contribution is -0.128. The molecule has 0 unspecified atom stereocenters. The van der Waals surface area contributed by atoms with Crippen LogP contribution in [0.4, 0.5) is 0 Å². The number of carbonyl (C=O) groups excluding carboxylic acids is 1. The number of hydrogen-bond donors (Lipinski definition) is 0. The van der Waals surface area contributed by atoms with Crippen LogP contribution in [0, 0.1) is 0 Å². The Morgan fingerprint density at radius 3 is 1.88 bits per heavy atom. The fourth-order valence-electron chi connectivity index (χ4n) is 2.63. The fourth-order valence-corrected chi connectivity index (χ4v) is 2.63. The highest BCUT2D eigenvalue weighted by Crippen LogP contribution is 2.25. The topological polar surface area (TPSA) is 44.8 Å². The summed E-state index contributed by atoms with van der Waals surface area (Å²) >= 11 is 0. The molecule has 0 atom stereocenters. The van der Waals surface area contributed by atoms with Crippen LogP contribution in [0.2, 0.25) is 0 Å². The van der Waals surface area contributed by atoms with Crippen LogP contribution < -0.4 is 9.47 Å². The van der Waals surface area contributed by atoms with E-state index in [0.29, 0.717) is 19.7 Å². The minimum atomic E-state index is 0.450. The van der Waals surface area contributed by atoms with E-state index in [0.717, 1.165) is 48.1 Å². The molecule has 4 heteroatoms. The molecule has 4 nitrogen and oxygen atoms in total. The Balaban J connectivity index is 1.80. The van der Waals surface area contributed by atoms with Crippen molar-refractivity contribution in [2.45, 2.75) is 45.4 Å². The van der Waals surface area contributed by atoms with Crippen LogP contribution in [-0.4, -0.2) is 26.3 Å². The van der Waals surface area contributed by atoms with Gasteiger partial charge in [0.25, 0.3) is 6.47 Å². The third-order valence-electron chi connectivity index (χ3n) is 4.04. The molecule has 25 heavy (non-hydrogen) atoms. The van der Waals surface area contributed by atoms with Crippen molar-refractivity contribution < 1.29 is 19.0 Å². The quantitative estimate of drug-likeness (QED) is 0.373. The molecular formula is C21H28O4. The molecule has 0 amide bonds. The van der Waals surface area contributed by atoms with E-state index >= 15 is 0 Å². The largest absolute Gasteiger partial charge is 0.494 e. The standard InChI is InChI=1S/C21H28O4/c1-2-3-4-5-13-24-20-10-8-19-16-21(11-9-18(19)15-20)25-14-7-6-12-23-17-22/h8-11,15-17H,2-7,12-14H2,1H3. The van der Waals surface area contributed by atoms with Crippen molar-refractivity contribution in [3.63, 3.8) is 0 Å². The molecule has 2 rings (SSSR count). The first-order valence-electron chi connectivity index (χ1n) is 9.18. The van der Waals surface area contributed by atoms with Gasteiger partial charge in [-0.25, -0.2) is 0 Å². The second kappa shape index (κ2) is 11.3. The molecular weight excluding hydrogens is 316 g/mol. The summed E-state index contributed by atoms with van der Waals surface area (Å²) in [5.41, 5.74) is 0. The Kier molecular flexibility index (Phi) is 8.67. The molecule has 136 valence electrons. The molecule has 0 aliphatic rings. The first kappa shape index (κ1) is 19.1. The minimum Gasteiger partial charge on any atom is -0.494 e. The number of rotatable bonds is 13. The van der Waals surface area contributed by atoms with Crippen LogP contribution in [-0.2, 0) is 9.53 Å². The summed E-state index contributed by atoms with van der Waals surface area (Å²) in [5.74, 6) is 1.78. The summed E-state index contributed by atoms with van der Waals surface area (Å²) in [6.07, 6.45) is 6.52. The van der Waals surface area contributed by atoms with Crippen molar-refractivity contribution in [1.29, 1.82) is 0 Å². The van der Waals surface area contributed by atoms with Gasteiger partial charge < -0.3 is 14.2 Å². The minimum absolute atomic E-state index is 0.450. The summed E-state index contributed by atoms with van der Waals surface area (Å²) in [6.45, 7) is 4.54. The SMILES string of the molecule is CCCCCCOc1ccc2cc(OCCCCOC=O)ccc2c1. The van der Waals surface area contributed by atoms with Crippen molar-refractivity contribution in [3.8, 4) is 11.5 Å². The van der Waals surface area contributed by atoms with Gasteiger partial charge >= 0.3 is 0 Å². The molecule has 0 bridgehead atoms. The zero-order valence-electron chi connectivity index (χ0n) is 15.0. The molecule has 2 aromatic rings. The first-order chi connectivity index (χ1) is 12.3. The van der Waals surface area contributed by atoms with Gasteiger partial charge in [0.2, 0.25) is 0 Å². The third-order valence-corrected chi connectivity index (χ3v) is 4.04. The highest BCUT2D eigenvalue weighted by molar-refractivity contribution is 5.85. The van der Waals surface area contributed by atoms with Gasteiger partial charge in [0.15, 0.2) is 0 Å². The van der Waals surface area contributed by atoms with Gasteiger partial charge in [-0.1, -0.05) is 38.3 Å². The van der Waals surface area contributed by atoms with Gasteiger partial charge in [-0.05, 0) is 54.3 Å². The lowest BCUT2D eigenvalue weighted by Gasteiger charge is -2.09. The van der Waals surface area contributed by atoms with Crippen molar-refractivity contribution in [2.75, 3.05) is 19.8 Å². The first-order valence-corrected chi connectivity index (χ1v) is 9.18. The maximum absolute atomic E-state index is 10.0. The van der Waals surface area contributed by atoms with Crippen LogP contribution in [0.25, 0.3) is 10.8 Å². The Labute approximate surface area is 150 Å². The molecule has 0 radical (unpaired) electrons. The predicted octanol–water partition coefficient (Wildman–Crippen LogP) is 5.13. The van der Waals surface area contributed by atoms with Crippen molar-refractivity contribution in [3.05, 3.63) is 36.4 Å². The Hall–Kier alpha value is -2.23. The lowest BCUT2D eigenvalue weighted by atomic mass is 10.1. The zero-order valence-corrected chi connectivity index (χ0v) is 15.0. The summed E-state index contributed by atoms with van der Waals surface area (Å²) < 4.78 is 16.2. The summed E-state index contributed by atoms with van der Waals surface area (Å²) in [7, 11) is 0. The third kappa shape index (κ3) is 7.04. The van der Waals surface area contributed by atoms with E-state index in [2.05, 4.69) is 29.9 Å². The summed E-state index contributed by atoms with van der Waals surface area (Å²) in [6, 6.07) is 12.3. The Morgan fingerprint density at radius 1 is 0.760 bits per heavy atom. The lowest BCUT2D eigenvalue weighted by Crippen LogP contribution is -2.00. The van der Waals surface area contributed by atoms with Crippen LogP contribution >= 0.6 is 0 Å². The highest BCUT2D eigenvalue weighted by atomic mass is 16.5. The monoisotopic (exact) mass is 344 g/mol. The molecule has 0 N–H and O–H groups in total. The van der Waals surface area contributed by atoms with E-state index in [1.54, 1.807) is 0 Å². The molecule has 0 saturated carbocycles. The number of carbonyl (C=O) groups is 1. The molecule has 0 aromatic heterocycles. The molecule has 0 spiro atoms. The van der Waals surface area contributed by atoms with E-state index < -0.39 is 0 Å². The molecule has 0 saturated heterocycles. The Morgan fingerprint density at radius 2 is 1.32 bits per heavy atom. The number of ether oxygens (including phenoxy) is 3. The molecule has 0 fully saturated rings. The van der Waals surface area contributed by atoms with E-state index in [-0.39, 0.29) is 0 Å². The second-order valence-corrected chi connectivity index (χ2v) is 6.10. The number of hydrogen-bond acceptors (Lipinski definition) is 4. The van der Waals surface area contributed by atoms with Gasteiger partial charge in [0.05, 0.1) is 19.8 Å². The van der Waals surface area contributed by atoms with E-state index in [1.165, 1.54) is 19.3 Å². The average molecular weight is 344 g/mol. The maximum atomic E-state index is 10.0. The van der Waals surface area contributed by atoms with E-state index in [1.807, 2.05) is 18.2 Å². The van der Waals surface area contributed by atoms with Gasteiger partial charge in [0.1, 0.15) is 11.5 Å². The summed E-state index contributed by atoms with van der Waals surface area (Å²) in [5, 5.41) is 2.29. The van der Waals surface area contributed by atoms with Gasteiger partial charge in [-0.2, -0.15) is 0 Å². The van der Waals surface area contributed by atoms with Crippen LogP contribution in [0.15, 0.2) is 36.4 Å². The molecule has 2 aromatic carbocycles. The Bertz CT molecular complexity index is 639. The van der Waals surface area contributed by atoms with Gasteiger partial charge in [0, 0.05) is 0 Å². The fraction of sp³-hybridized carbons (Fsp3) is 0.476. The summed E-state index contributed by atoms with van der Waals surface area (Å²) in [4.78, 5) is 10.0. The van der Waals surface area contributed by atoms with E-state index in [9.17, 15) is 4.79 Å². The number of benzene rings is 2. The van der Waals surface area contributed by atoms with Crippen molar-refractivity contribution in [1.82, 2.24) is 0 Å². The smallest absolute Gasteiger partial charge is 0.293 e. The number of fused-ring (bicyclic) bond motifs is 1. The van der Waals surface area contributed by atoms with Crippen molar-refractivity contribution >= 4 is 17.2 Å². The van der Waals surface area contributed by atoms with Gasteiger partial charge in [-0.3, -0.25) is 4.79 Å². The molecule has 0 aliphatic heterocycles. The normalized spacial score (nSPS) is 10.6. The maximum Gasteiger partial charge on any atom is 0.293 e. The molecule has 0 heterocycles. The number of unbranched alkanes of at least 4 members (excludes halogenated alkanes) is 4.